The van der Waals surface area contributed by atoms with Crippen LogP contribution in [0, 0.1) is 0 Å². The summed E-state index contributed by atoms with van der Waals surface area (Å²) in [6.07, 6.45) is 0. The van der Waals surface area contributed by atoms with E-state index in [0.29, 0.717) is 0 Å². The van der Waals surface area contributed by atoms with Gasteiger partial charge in [-0.15, -0.1) is 12.6 Å². The molecular weight excluding hydrogens is 242 g/mol. The molecule has 0 amide bonds. The standard InChI is InChI=1S/C2H3B.Pb.2H/c1-2-3;;;/h2H,1H2;;;. The molecule has 0 aliphatic carbocycles. The zero-order valence-corrected chi connectivity index (χ0v) is 8.07. The second-order valence-corrected chi connectivity index (χ2v) is 0.236. The number of hydrogen-bond acceptors (Lipinski definition) is 0. The summed E-state index contributed by atoms with van der Waals surface area (Å²) in [5.74, 6) is 1.25. The molecule has 2 heteroatoms. The second kappa shape index (κ2) is 9.29. The molecule has 0 nitrogen and oxygen atoms in total. The molecule has 0 heterocycles. The monoisotopic (exact) mass is 248 g/mol. The minimum atomic E-state index is 0. The fourth-order valence-corrected chi connectivity index (χ4v) is 0. The predicted octanol–water partition coefficient (Wildman–Crippen LogP) is -0.618. The van der Waals surface area contributed by atoms with E-state index in [4.69, 9.17) is 0 Å². The number of rotatable bonds is 0. The molecule has 0 saturated carbocycles. The van der Waals surface area contributed by atoms with Crippen LogP contribution < -0.4 is 0 Å². The SMILES string of the molecule is [B]C=C.[PbH2]. The van der Waals surface area contributed by atoms with Gasteiger partial charge in [-0.3, -0.25) is 0 Å². The maximum atomic E-state index is 4.61. The van der Waals surface area contributed by atoms with Gasteiger partial charge in [0.1, 0.15) is 7.85 Å². The Labute approximate surface area is 47.8 Å². The molecule has 0 bridgehead atoms. The average molecular weight is 247 g/mol. The van der Waals surface area contributed by atoms with Crippen molar-refractivity contribution in [1.29, 1.82) is 0 Å². The zero-order valence-electron chi connectivity index (χ0n) is 2.57. The summed E-state index contributed by atoms with van der Waals surface area (Å²) in [6, 6.07) is 0. The van der Waals surface area contributed by atoms with E-state index in [9.17, 15) is 0 Å². The van der Waals surface area contributed by atoms with Gasteiger partial charge < -0.3 is 0 Å². The van der Waals surface area contributed by atoms with Crippen LogP contribution in [-0.4, -0.2) is 35.1 Å². The number of hydrogen-bond donors (Lipinski definition) is 0. The summed E-state index contributed by atoms with van der Waals surface area (Å²) >= 11 is 0. The van der Waals surface area contributed by atoms with E-state index in [-0.39, 0.29) is 27.3 Å². The van der Waals surface area contributed by atoms with Gasteiger partial charge >= 0.3 is 27.3 Å². The van der Waals surface area contributed by atoms with E-state index < -0.39 is 0 Å². The molecule has 0 N–H and O–H groups in total. The Balaban J connectivity index is 0. The summed E-state index contributed by atoms with van der Waals surface area (Å²) in [5, 5.41) is 0. The molecule has 0 fully saturated rings. The van der Waals surface area contributed by atoms with Crippen LogP contribution in [0.25, 0.3) is 0 Å². The van der Waals surface area contributed by atoms with Crippen molar-refractivity contribution in [2.75, 3.05) is 0 Å². The van der Waals surface area contributed by atoms with Crippen molar-refractivity contribution in [2.24, 2.45) is 0 Å². The van der Waals surface area contributed by atoms with Gasteiger partial charge in [-0.25, -0.2) is 0 Å². The van der Waals surface area contributed by atoms with Crippen molar-refractivity contribution in [3.63, 3.8) is 0 Å². The van der Waals surface area contributed by atoms with Crippen LogP contribution in [0.2, 0.25) is 0 Å². The van der Waals surface area contributed by atoms with Crippen LogP contribution in [0.15, 0.2) is 12.6 Å². The van der Waals surface area contributed by atoms with Crippen LogP contribution in [-0.2, 0) is 0 Å². The van der Waals surface area contributed by atoms with Crippen LogP contribution >= 0.6 is 0 Å². The molecule has 4 heavy (non-hydrogen) atoms. The van der Waals surface area contributed by atoms with Gasteiger partial charge in [0.05, 0.1) is 0 Å². The molecule has 0 aromatic rings. The van der Waals surface area contributed by atoms with Gasteiger partial charge in [-0.2, -0.15) is 0 Å². The second-order valence-electron chi connectivity index (χ2n) is 0.236. The first-order valence-electron chi connectivity index (χ1n) is 0.742. The average Bonchev–Trinajstić information content (AvgIpc) is 0.918. The third-order valence-electron chi connectivity index (χ3n) is 0. The van der Waals surface area contributed by atoms with E-state index in [1.54, 1.807) is 0 Å². The van der Waals surface area contributed by atoms with Crippen molar-refractivity contribution in [1.82, 2.24) is 0 Å². The third-order valence-corrected chi connectivity index (χ3v) is 0. The third kappa shape index (κ3) is 15.4. The molecule has 20 valence electrons. The van der Waals surface area contributed by atoms with E-state index >= 15 is 0 Å². The molecular formula is C2H5BPb. The predicted molar refractivity (Wildman–Crippen MR) is 24.5 cm³/mol. The Kier molecular flexibility index (Phi) is 20.5. The Morgan fingerprint density at radius 1 is 1.75 bits per heavy atom. The zero-order chi connectivity index (χ0) is 2.71. The fraction of sp³-hybridized carbons (Fsp3) is 0. The normalized spacial score (nSPS) is 3.00. The first kappa shape index (κ1) is 8.83. The van der Waals surface area contributed by atoms with Gasteiger partial charge in [0.15, 0.2) is 0 Å². The van der Waals surface area contributed by atoms with Gasteiger partial charge in [0.2, 0.25) is 0 Å². The molecule has 0 aliphatic rings. The van der Waals surface area contributed by atoms with Crippen molar-refractivity contribution in [2.45, 2.75) is 0 Å². The summed E-state index contributed by atoms with van der Waals surface area (Å²) < 4.78 is 0. The minimum absolute atomic E-state index is 0. The van der Waals surface area contributed by atoms with E-state index in [0.717, 1.165) is 0 Å². The van der Waals surface area contributed by atoms with Gasteiger partial charge in [0, 0.05) is 0 Å². The first-order valence-corrected chi connectivity index (χ1v) is 0.742. The van der Waals surface area contributed by atoms with Crippen molar-refractivity contribution in [3.8, 4) is 0 Å². The summed E-state index contributed by atoms with van der Waals surface area (Å²) in [6.45, 7) is 3.14. The fourth-order valence-electron chi connectivity index (χ4n) is 0. The van der Waals surface area contributed by atoms with E-state index in [1.807, 2.05) is 0 Å². The van der Waals surface area contributed by atoms with Crippen LogP contribution in [0.5, 0.6) is 0 Å². The van der Waals surface area contributed by atoms with Crippen molar-refractivity contribution < 1.29 is 0 Å². The molecule has 4 radical (unpaired) electrons. The van der Waals surface area contributed by atoms with Gasteiger partial charge in [-0.05, 0) is 0 Å². The maximum absolute atomic E-state index is 4.61. The molecule has 0 atom stereocenters. The van der Waals surface area contributed by atoms with E-state index in [1.165, 1.54) is 5.98 Å². The van der Waals surface area contributed by atoms with Crippen molar-refractivity contribution in [3.05, 3.63) is 12.6 Å². The molecule has 0 aromatic heterocycles. The first-order chi connectivity index (χ1) is 1.41. The van der Waals surface area contributed by atoms with Crippen molar-refractivity contribution >= 4 is 35.1 Å². The van der Waals surface area contributed by atoms with Gasteiger partial charge in [-0.1, -0.05) is 0 Å². The molecule has 0 saturated heterocycles. The quantitative estimate of drug-likeness (QED) is 0.501. The van der Waals surface area contributed by atoms with Crippen LogP contribution in [0.1, 0.15) is 0 Å². The molecule has 0 spiro atoms. The summed E-state index contributed by atoms with van der Waals surface area (Å²) in [5.41, 5.74) is 0. The molecule has 0 aromatic carbocycles. The Morgan fingerprint density at radius 3 is 1.75 bits per heavy atom. The summed E-state index contributed by atoms with van der Waals surface area (Å²) in [7, 11) is 4.61. The summed E-state index contributed by atoms with van der Waals surface area (Å²) in [4.78, 5) is 0. The molecule has 0 unspecified atom stereocenters. The Hall–Kier alpha value is 0.727. The van der Waals surface area contributed by atoms with Crippen LogP contribution in [0.3, 0.4) is 0 Å². The van der Waals surface area contributed by atoms with Crippen LogP contribution in [0.4, 0.5) is 0 Å². The molecule has 0 rings (SSSR count). The Bertz CT molecular complexity index is 13.5. The van der Waals surface area contributed by atoms with Gasteiger partial charge in [0.25, 0.3) is 0 Å². The van der Waals surface area contributed by atoms with E-state index in [2.05, 4.69) is 14.4 Å². The Morgan fingerprint density at radius 2 is 1.75 bits per heavy atom. The topological polar surface area (TPSA) is 0 Å². The molecule has 0 aliphatic heterocycles.